The first kappa shape index (κ1) is 7.01. The molecule has 0 aromatic rings. The van der Waals surface area contributed by atoms with Crippen molar-refractivity contribution >= 4 is 0 Å². The summed E-state index contributed by atoms with van der Waals surface area (Å²) in [6.07, 6.45) is 4.74. The summed E-state index contributed by atoms with van der Waals surface area (Å²) < 4.78 is 3.07. The molecule has 2 heterocycles. The number of fused-ring (bicyclic) bond motifs is 1. The second kappa shape index (κ2) is 1.93. The Morgan fingerprint density at radius 1 is 1.64 bits per heavy atom. The zero-order chi connectivity index (χ0) is 8.06. The van der Waals surface area contributed by atoms with E-state index >= 15 is 0 Å². The Balaban J connectivity index is 2.30. The lowest BCUT2D eigenvalue weighted by Gasteiger charge is -2.24. The highest BCUT2D eigenvalue weighted by Gasteiger charge is 2.51. The average molecular weight is 155 g/mol. The molecule has 1 unspecified atom stereocenters. The standard InChI is InChI=1S/C9H14O2/c1-9(2)7(10)6-11-5-3-4-8(9)11/h6,8H,3-5H2,1-2H3/p+1. The third-order valence-electron chi connectivity index (χ3n) is 2.94. The van der Waals surface area contributed by atoms with Gasteiger partial charge in [-0.2, -0.15) is 0 Å². The molecule has 2 aliphatic heterocycles. The van der Waals surface area contributed by atoms with E-state index in [2.05, 4.69) is 18.2 Å². The average Bonchev–Trinajstić information content (AvgIpc) is 2.41. The Labute approximate surface area is 67.2 Å². The van der Waals surface area contributed by atoms with Crippen LogP contribution in [0.1, 0.15) is 26.7 Å². The molecule has 0 saturated carbocycles. The summed E-state index contributed by atoms with van der Waals surface area (Å²) in [5.41, 5.74) is -0.0405. The highest BCUT2D eigenvalue weighted by atomic mass is 16.7. The van der Waals surface area contributed by atoms with Crippen molar-refractivity contribution in [3.63, 3.8) is 0 Å². The Hall–Kier alpha value is -0.660. The topological polar surface area (TPSA) is 22.9 Å². The van der Waals surface area contributed by atoms with Crippen LogP contribution in [0.4, 0.5) is 0 Å². The van der Waals surface area contributed by atoms with Gasteiger partial charge >= 0.3 is 0 Å². The van der Waals surface area contributed by atoms with E-state index in [1.807, 2.05) is 6.26 Å². The highest BCUT2D eigenvalue weighted by Crippen LogP contribution is 2.46. The van der Waals surface area contributed by atoms with E-state index in [-0.39, 0.29) is 5.41 Å². The van der Waals surface area contributed by atoms with E-state index in [9.17, 15) is 5.11 Å². The Kier molecular flexibility index (Phi) is 1.23. The van der Waals surface area contributed by atoms with Gasteiger partial charge in [0, 0.05) is 12.8 Å². The van der Waals surface area contributed by atoms with Gasteiger partial charge in [0.25, 0.3) is 6.26 Å². The van der Waals surface area contributed by atoms with Crippen molar-refractivity contribution in [2.45, 2.75) is 32.8 Å². The largest absolute Gasteiger partial charge is 0.572 e. The van der Waals surface area contributed by atoms with Crippen LogP contribution in [0.3, 0.4) is 0 Å². The molecule has 2 nitrogen and oxygen atoms in total. The molecule has 1 N–H and O–H groups in total. The molecule has 0 aliphatic carbocycles. The van der Waals surface area contributed by atoms with Gasteiger partial charge < -0.3 is 9.47 Å². The van der Waals surface area contributed by atoms with Crippen molar-refractivity contribution in [1.29, 1.82) is 0 Å². The first-order valence-electron chi connectivity index (χ1n) is 4.22. The van der Waals surface area contributed by atoms with Crippen LogP contribution < -0.4 is 0 Å². The Bertz CT molecular complexity index is 206. The highest BCUT2D eigenvalue weighted by molar-refractivity contribution is 5.12. The molecule has 1 saturated heterocycles. The van der Waals surface area contributed by atoms with Crippen molar-refractivity contribution in [2.75, 3.05) is 6.61 Å². The molecule has 1 fully saturated rings. The van der Waals surface area contributed by atoms with Crippen LogP contribution in [0.5, 0.6) is 0 Å². The molecule has 0 aromatic carbocycles. The van der Waals surface area contributed by atoms with Crippen LogP contribution in [-0.2, 0) is 4.37 Å². The fraction of sp³-hybridized carbons (Fsp3) is 0.778. The minimum atomic E-state index is -0.0405. The summed E-state index contributed by atoms with van der Waals surface area (Å²) in [7, 11) is 0. The number of hydrogen-bond donors (Lipinski definition) is 1. The molecule has 0 amide bonds. The Morgan fingerprint density at radius 2 is 2.36 bits per heavy atom. The summed E-state index contributed by atoms with van der Waals surface area (Å²) >= 11 is 0. The third-order valence-corrected chi connectivity index (χ3v) is 2.94. The van der Waals surface area contributed by atoms with Gasteiger partial charge in [-0.1, -0.05) is 0 Å². The first-order chi connectivity index (χ1) is 5.12. The van der Waals surface area contributed by atoms with E-state index < -0.39 is 0 Å². The van der Waals surface area contributed by atoms with Crippen LogP contribution in [0.2, 0.25) is 0 Å². The molecule has 2 aliphatic rings. The van der Waals surface area contributed by atoms with Crippen molar-refractivity contribution in [1.82, 2.24) is 0 Å². The van der Waals surface area contributed by atoms with Crippen molar-refractivity contribution in [3.8, 4) is 0 Å². The maximum absolute atomic E-state index is 9.56. The predicted octanol–water partition coefficient (Wildman–Crippen LogP) is 2.14. The molecule has 2 rings (SSSR count). The molecule has 62 valence electrons. The Morgan fingerprint density at radius 3 is 3.00 bits per heavy atom. The van der Waals surface area contributed by atoms with Crippen molar-refractivity contribution < 1.29 is 9.47 Å². The van der Waals surface area contributed by atoms with Gasteiger partial charge in [0.05, 0.1) is 0 Å². The predicted molar refractivity (Wildman–Crippen MR) is 43.5 cm³/mol. The van der Waals surface area contributed by atoms with Crippen LogP contribution in [-0.4, -0.2) is 17.8 Å². The molecule has 0 bridgehead atoms. The molecule has 1 atom stereocenters. The number of rotatable bonds is 0. The number of aliphatic hydroxyl groups is 1. The van der Waals surface area contributed by atoms with Crippen LogP contribution in [0, 0.1) is 5.41 Å². The smallest absolute Gasteiger partial charge is 0.257 e. The maximum Gasteiger partial charge on any atom is 0.257 e. The minimum Gasteiger partial charge on any atom is -0.572 e. The van der Waals surface area contributed by atoms with Gasteiger partial charge in [-0.25, -0.2) is 0 Å². The van der Waals surface area contributed by atoms with Crippen LogP contribution >= 0.6 is 0 Å². The number of aliphatic hydroxyl groups excluding tert-OH is 1. The van der Waals surface area contributed by atoms with Crippen LogP contribution in [0.25, 0.3) is 0 Å². The molecule has 0 radical (unpaired) electrons. The fourth-order valence-corrected chi connectivity index (χ4v) is 2.07. The van der Waals surface area contributed by atoms with Gasteiger partial charge in [-0.15, -0.1) is 0 Å². The normalized spacial score (nSPS) is 33.8. The molecule has 2 heteroatoms. The monoisotopic (exact) mass is 155 g/mol. The maximum atomic E-state index is 9.56. The lowest BCUT2D eigenvalue weighted by Crippen LogP contribution is -2.28. The van der Waals surface area contributed by atoms with E-state index in [0.29, 0.717) is 11.9 Å². The van der Waals surface area contributed by atoms with Gasteiger partial charge in [-0.3, -0.25) is 0 Å². The summed E-state index contributed by atoms with van der Waals surface area (Å²) in [5, 5.41) is 9.56. The first-order valence-corrected chi connectivity index (χ1v) is 4.22. The van der Waals surface area contributed by atoms with Gasteiger partial charge in [0.2, 0.25) is 0 Å². The second-order valence-electron chi connectivity index (χ2n) is 4.03. The van der Waals surface area contributed by atoms with Gasteiger partial charge in [0.1, 0.15) is 5.41 Å². The quantitative estimate of drug-likeness (QED) is 0.532. The van der Waals surface area contributed by atoms with E-state index in [1.54, 1.807) is 0 Å². The lowest BCUT2D eigenvalue weighted by atomic mass is 9.85. The molecule has 0 aromatic heterocycles. The number of hydrogen-bond acceptors (Lipinski definition) is 1. The van der Waals surface area contributed by atoms with E-state index in [0.717, 1.165) is 6.61 Å². The second-order valence-corrected chi connectivity index (χ2v) is 4.03. The third kappa shape index (κ3) is 0.784. The minimum absolute atomic E-state index is 0.0405. The van der Waals surface area contributed by atoms with Gasteiger partial charge in [-0.05, 0) is 13.8 Å². The molecular weight excluding hydrogens is 140 g/mol. The summed E-state index contributed by atoms with van der Waals surface area (Å²) in [6, 6.07) is 0. The molecular formula is C9H15O2+. The van der Waals surface area contributed by atoms with E-state index in [1.165, 1.54) is 12.8 Å². The summed E-state index contributed by atoms with van der Waals surface area (Å²) in [6.45, 7) is 5.24. The van der Waals surface area contributed by atoms with Crippen molar-refractivity contribution in [2.24, 2.45) is 5.41 Å². The summed E-state index contributed by atoms with van der Waals surface area (Å²) in [4.78, 5) is 0. The van der Waals surface area contributed by atoms with Gasteiger partial charge in [0.15, 0.2) is 18.5 Å². The van der Waals surface area contributed by atoms with Crippen LogP contribution in [0.15, 0.2) is 12.0 Å². The lowest BCUT2D eigenvalue weighted by molar-refractivity contribution is -0.0942. The van der Waals surface area contributed by atoms with Crippen molar-refractivity contribution in [3.05, 3.63) is 12.0 Å². The zero-order valence-corrected chi connectivity index (χ0v) is 7.13. The molecule has 0 spiro atoms. The summed E-state index contributed by atoms with van der Waals surface area (Å²) in [5.74, 6) is 0.521. The fourth-order valence-electron chi connectivity index (χ4n) is 2.07. The zero-order valence-electron chi connectivity index (χ0n) is 7.13. The van der Waals surface area contributed by atoms with E-state index in [4.69, 9.17) is 0 Å². The molecule has 11 heavy (non-hydrogen) atoms. The SMILES string of the molecule is CC1(C)C(O)=C[O+]2CCCC21.